The Labute approximate surface area is 193 Å². The van der Waals surface area contributed by atoms with Crippen LogP contribution in [0.1, 0.15) is 43.7 Å². The number of carboxylic acids is 1. The van der Waals surface area contributed by atoms with E-state index in [1.807, 2.05) is 43.3 Å². The summed E-state index contributed by atoms with van der Waals surface area (Å²) >= 11 is 0. The summed E-state index contributed by atoms with van der Waals surface area (Å²) in [6.45, 7) is 3.54. The Morgan fingerprint density at radius 3 is 2.09 bits per heavy atom. The number of benzene rings is 2. The monoisotopic (exact) mass is 454 g/mol. The van der Waals surface area contributed by atoms with Gasteiger partial charge in [-0.15, -0.1) is 0 Å². The molecule has 8 heteroatoms. The first-order valence-electron chi connectivity index (χ1n) is 11.0. The second-order valence-electron chi connectivity index (χ2n) is 8.08. The highest BCUT2D eigenvalue weighted by atomic mass is 16.5. The predicted octanol–water partition coefficient (Wildman–Crippen LogP) is 3.30. The van der Waals surface area contributed by atoms with Gasteiger partial charge in [-0.3, -0.25) is 4.79 Å². The van der Waals surface area contributed by atoms with Crippen molar-refractivity contribution >= 4 is 18.0 Å². The van der Waals surface area contributed by atoms with Crippen LogP contribution in [0.25, 0.3) is 11.1 Å². The summed E-state index contributed by atoms with van der Waals surface area (Å²) in [6, 6.07) is 13.9. The molecule has 0 heterocycles. The van der Waals surface area contributed by atoms with E-state index in [1.54, 1.807) is 6.92 Å². The first-order chi connectivity index (χ1) is 15.9. The smallest absolute Gasteiger partial charge is 0.407 e. The molecular formula is C25H30N2O6. The zero-order chi connectivity index (χ0) is 24.0. The lowest BCUT2D eigenvalue weighted by Crippen LogP contribution is -2.55. The molecule has 1 aliphatic rings. The molecule has 3 atom stereocenters. The van der Waals surface area contributed by atoms with Gasteiger partial charge in [0.2, 0.25) is 5.91 Å². The number of ether oxygens (including phenoxy) is 2. The van der Waals surface area contributed by atoms with Crippen LogP contribution >= 0.6 is 0 Å². The minimum absolute atomic E-state index is 0.0967. The van der Waals surface area contributed by atoms with Crippen LogP contribution in [0.2, 0.25) is 0 Å². The molecule has 0 fully saturated rings. The van der Waals surface area contributed by atoms with Gasteiger partial charge >= 0.3 is 12.1 Å². The third-order valence-corrected chi connectivity index (χ3v) is 5.93. The Morgan fingerprint density at radius 2 is 1.58 bits per heavy atom. The Morgan fingerprint density at radius 1 is 1.00 bits per heavy atom. The largest absolute Gasteiger partial charge is 0.480 e. The van der Waals surface area contributed by atoms with E-state index in [9.17, 15) is 19.5 Å². The summed E-state index contributed by atoms with van der Waals surface area (Å²) in [5, 5.41) is 14.4. The lowest BCUT2D eigenvalue weighted by atomic mass is 9.98. The molecule has 0 aliphatic heterocycles. The lowest BCUT2D eigenvalue weighted by molar-refractivity contribution is -0.145. The van der Waals surface area contributed by atoms with Crippen molar-refractivity contribution in [2.24, 2.45) is 0 Å². The Hall–Kier alpha value is -3.39. The number of alkyl carbamates (subject to hydrolysis) is 1. The van der Waals surface area contributed by atoms with Gasteiger partial charge in [0.1, 0.15) is 12.6 Å². The van der Waals surface area contributed by atoms with Crippen molar-refractivity contribution in [2.45, 2.75) is 50.8 Å². The highest BCUT2D eigenvalue weighted by Crippen LogP contribution is 2.44. The number of hydrogen-bond donors (Lipinski definition) is 3. The highest BCUT2D eigenvalue weighted by Gasteiger charge is 2.32. The molecule has 0 saturated carbocycles. The van der Waals surface area contributed by atoms with Crippen molar-refractivity contribution in [2.75, 3.05) is 13.7 Å². The van der Waals surface area contributed by atoms with E-state index in [-0.39, 0.29) is 12.5 Å². The molecule has 2 amide bonds. The van der Waals surface area contributed by atoms with Gasteiger partial charge < -0.3 is 25.2 Å². The van der Waals surface area contributed by atoms with Gasteiger partial charge in [0.15, 0.2) is 6.04 Å². The van der Waals surface area contributed by atoms with Crippen molar-refractivity contribution < 1.29 is 29.0 Å². The number of rotatable bonds is 10. The molecule has 2 aromatic carbocycles. The first kappa shape index (κ1) is 24.3. The van der Waals surface area contributed by atoms with E-state index < -0.39 is 36.2 Å². The second kappa shape index (κ2) is 11.0. The van der Waals surface area contributed by atoms with Crippen molar-refractivity contribution in [3.63, 3.8) is 0 Å². The topological polar surface area (TPSA) is 114 Å². The van der Waals surface area contributed by atoms with Crippen LogP contribution in [-0.2, 0) is 19.1 Å². The SMILES string of the molecule is CCCC(NC(=O)OCC1c2ccccc2-c2ccccc21)C(=O)N[C@H](C(=O)O)[C@@H](C)OC. The summed E-state index contributed by atoms with van der Waals surface area (Å²) in [5.74, 6) is -1.91. The zero-order valence-corrected chi connectivity index (χ0v) is 19.0. The van der Waals surface area contributed by atoms with Gasteiger partial charge in [-0.1, -0.05) is 61.9 Å². The molecular weight excluding hydrogens is 424 g/mol. The Bertz CT molecular complexity index is 962. The summed E-state index contributed by atoms with van der Waals surface area (Å²) in [5.41, 5.74) is 4.43. The van der Waals surface area contributed by atoms with Crippen molar-refractivity contribution in [3.8, 4) is 11.1 Å². The van der Waals surface area contributed by atoms with Crippen LogP contribution in [0.3, 0.4) is 0 Å². The zero-order valence-electron chi connectivity index (χ0n) is 19.0. The minimum Gasteiger partial charge on any atom is -0.480 e. The number of fused-ring (bicyclic) bond motifs is 3. The molecule has 0 bridgehead atoms. The van der Waals surface area contributed by atoms with Gasteiger partial charge in [-0.25, -0.2) is 9.59 Å². The number of carboxylic acid groups (broad SMARTS) is 1. The molecule has 1 unspecified atom stereocenters. The summed E-state index contributed by atoms with van der Waals surface area (Å²) in [6.07, 6.45) is -0.511. The minimum atomic E-state index is -1.23. The molecule has 3 N–H and O–H groups in total. The van der Waals surface area contributed by atoms with Crippen LogP contribution in [0.4, 0.5) is 4.79 Å². The predicted molar refractivity (Wildman–Crippen MR) is 123 cm³/mol. The average Bonchev–Trinajstić information content (AvgIpc) is 3.13. The quantitative estimate of drug-likeness (QED) is 0.508. The van der Waals surface area contributed by atoms with Gasteiger partial charge in [-0.05, 0) is 35.6 Å². The number of carbonyl (C=O) groups excluding carboxylic acids is 2. The molecule has 1 aliphatic carbocycles. The van der Waals surface area contributed by atoms with Crippen LogP contribution in [-0.4, -0.2) is 55.0 Å². The fourth-order valence-electron chi connectivity index (χ4n) is 4.11. The summed E-state index contributed by atoms with van der Waals surface area (Å²) < 4.78 is 10.6. The molecule has 176 valence electrons. The standard InChI is InChI=1S/C25H30N2O6/c1-4-9-21(23(28)27-22(24(29)30)15(2)32-3)26-25(31)33-14-20-18-12-7-5-10-16(18)17-11-6-8-13-19(17)20/h5-8,10-13,15,20-22H,4,9,14H2,1-3H3,(H,26,31)(H,27,28)(H,29,30)/t15-,21?,22+/m1/s1. The van der Waals surface area contributed by atoms with Crippen LogP contribution in [0, 0.1) is 0 Å². The number of amides is 2. The first-order valence-corrected chi connectivity index (χ1v) is 11.0. The number of aliphatic carboxylic acids is 1. The third kappa shape index (κ3) is 5.51. The van der Waals surface area contributed by atoms with E-state index >= 15 is 0 Å². The molecule has 2 aromatic rings. The van der Waals surface area contributed by atoms with E-state index in [2.05, 4.69) is 22.8 Å². The van der Waals surface area contributed by atoms with Crippen LogP contribution in [0.15, 0.2) is 48.5 Å². The van der Waals surface area contributed by atoms with Crippen LogP contribution in [0.5, 0.6) is 0 Å². The Balaban J connectivity index is 1.65. The maximum Gasteiger partial charge on any atom is 0.407 e. The van der Waals surface area contributed by atoms with Gasteiger partial charge in [0.25, 0.3) is 0 Å². The van der Waals surface area contributed by atoms with Crippen molar-refractivity contribution in [3.05, 3.63) is 59.7 Å². The average molecular weight is 455 g/mol. The molecule has 0 aromatic heterocycles. The Kier molecular flexibility index (Phi) is 8.06. The fraction of sp³-hybridized carbons (Fsp3) is 0.400. The van der Waals surface area contributed by atoms with Crippen molar-refractivity contribution in [1.82, 2.24) is 10.6 Å². The number of methoxy groups -OCH3 is 1. The molecule has 33 heavy (non-hydrogen) atoms. The second-order valence-corrected chi connectivity index (χ2v) is 8.08. The number of carbonyl (C=O) groups is 3. The number of nitrogens with one attached hydrogen (secondary N) is 2. The third-order valence-electron chi connectivity index (χ3n) is 5.93. The van der Waals surface area contributed by atoms with Gasteiger partial charge in [0, 0.05) is 13.0 Å². The fourth-order valence-corrected chi connectivity index (χ4v) is 4.11. The normalized spacial score (nSPS) is 15.0. The summed E-state index contributed by atoms with van der Waals surface area (Å²) in [7, 11) is 1.37. The van der Waals surface area contributed by atoms with E-state index in [4.69, 9.17) is 9.47 Å². The highest BCUT2D eigenvalue weighted by molar-refractivity contribution is 5.89. The molecule has 0 spiro atoms. The molecule has 3 rings (SSSR count). The lowest BCUT2D eigenvalue weighted by Gasteiger charge is -2.24. The van der Waals surface area contributed by atoms with Crippen LogP contribution < -0.4 is 10.6 Å². The maximum atomic E-state index is 12.7. The molecule has 8 nitrogen and oxygen atoms in total. The molecule has 0 saturated heterocycles. The number of hydrogen-bond acceptors (Lipinski definition) is 5. The maximum absolute atomic E-state index is 12.7. The van der Waals surface area contributed by atoms with Crippen molar-refractivity contribution in [1.29, 1.82) is 0 Å². The van der Waals surface area contributed by atoms with E-state index in [0.29, 0.717) is 12.8 Å². The van der Waals surface area contributed by atoms with E-state index in [1.165, 1.54) is 7.11 Å². The molecule has 0 radical (unpaired) electrons. The van der Waals surface area contributed by atoms with Gasteiger partial charge in [0.05, 0.1) is 6.10 Å². The summed E-state index contributed by atoms with van der Waals surface area (Å²) in [4.78, 5) is 36.7. The van der Waals surface area contributed by atoms with E-state index in [0.717, 1.165) is 22.3 Å². The van der Waals surface area contributed by atoms with Gasteiger partial charge in [-0.2, -0.15) is 0 Å².